The Bertz CT molecular complexity index is 467. The van der Waals surface area contributed by atoms with Crippen LogP contribution in [-0.2, 0) is 12.8 Å². The maximum Gasteiger partial charge on any atom is 0.223 e. The second-order valence-electron chi connectivity index (χ2n) is 3.67. The summed E-state index contributed by atoms with van der Waals surface area (Å²) >= 11 is 1.39. The molecule has 0 amide bonds. The largest absolute Gasteiger partial charge is 0.360 e. The fraction of sp³-hybridized carbons (Fsp3) is 0.600. The van der Waals surface area contributed by atoms with Crippen LogP contribution in [0.4, 0.5) is 5.13 Å². The lowest BCUT2D eigenvalue weighted by Crippen LogP contribution is -2.05. The minimum Gasteiger partial charge on any atom is -0.360 e. The molecule has 92 valence electrons. The molecule has 7 heteroatoms. The van der Waals surface area contributed by atoms with Gasteiger partial charge >= 0.3 is 0 Å². The van der Waals surface area contributed by atoms with Gasteiger partial charge in [-0.3, -0.25) is 0 Å². The average molecular weight is 253 g/mol. The Morgan fingerprint density at radius 1 is 1.24 bits per heavy atom. The number of hydrogen-bond donors (Lipinski definition) is 1. The fourth-order valence-electron chi connectivity index (χ4n) is 1.38. The van der Waals surface area contributed by atoms with Crippen molar-refractivity contribution in [1.82, 2.24) is 19.5 Å². The van der Waals surface area contributed by atoms with Crippen LogP contribution in [0, 0.1) is 6.92 Å². The minimum absolute atomic E-state index is 0.598. The van der Waals surface area contributed by atoms with E-state index >= 15 is 0 Å². The van der Waals surface area contributed by atoms with Gasteiger partial charge < -0.3 is 9.84 Å². The first-order chi connectivity index (χ1) is 8.28. The predicted octanol–water partition coefficient (Wildman–Crippen LogP) is 1.84. The molecule has 0 saturated heterocycles. The molecular formula is C10H15N5OS. The maximum atomic E-state index is 4.89. The molecule has 1 N–H and O–H groups in total. The molecule has 17 heavy (non-hydrogen) atoms. The van der Waals surface area contributed by atoms with Crippen LogP contribution in [0.3, 0.4) is 0 Å². The topological polar surface area (TPSA) is 76.7 Å². The summed E-state index contributed by atoms with van der Waals surface area (Å²) in [6.45, 7) is 4.64. The molecule has 0 radical (unpaired) electrons. The summed E-state index contributed by atoms with van der Waals surface area (Å²) in [6.07, 6.45) is 2.72. The van der Waals surface area contributed by atoms with Crippen LogP contribution < -0.4 is 5.32 Å². The molecule has 2 aromatic rings. The van der Waals surface area contributed by atoms with Crippen molar-refractivity contribution in [2.75, 3.05) is 11.9 Å². The minimum atomic E-state index is 0.598. The molecule has 6 nitrogen and oxygen atoms in total. The van der Waals surface area contributed by atoms with E-state index < -0.39 is 0 Å². The van der Waals surface area contributed by atoms with Gasteiger partial charge in [0.15, 0.2) is 5.82 Å². The van der Waals surface area contributed by atoms with Gasteiger partial charge in [0.25, 0.3) is 0 Å². The van der Waals surface area contributed by atoms with Gasteiger partial charge in [0, 0.05) is 37.8 Å². The lowest BCUT2D eigenvalue weighted by molar-refractivity contribution is 0.387. The van der Waals surface area contributed by atoms with Crippen molar-refractivity contribution in [3.8, 4) is 0 Å². The molecule has 0 aliphatic rings. The van der Waals surface area contributed by atoms with E-state index in [-0.39, 0.29) is 0 Å². The van der Waals surface area contributed by atoms with E-state index in [2.05, 4.69) is 31.7 Å². The Hall–Kier alpha value is -1.50. The number of nitrogens with one attached hydrogen (secondary N) is 1. The quantitative estimate of drug-likeness (QED) is 0.846. The third-order valence-electron chi connectivity index (χ3n) is 2.14. The maximum absolute atomic E-state index is 4.89. The van der Waals surface area contributed by atoms with E-state index in [4.69, 9.17) is 4.52 Å². The van der Waals surface area contributed by atoms with Gasteiger partial charge in [-0.1, -0.05) is 12.1 Å². The van der Waals surface area contributed by atoms with Crippen LogP contribution in [-0.4, -0.2) is 26.0 Å². The summed E-state index contributed by atoms with van der Waals surface area (Å²) < 4.78 is 9.14. The standard InChI is InChI=1S/C10H15N5OS/c1-3-4-9-13-10(17-15-9)11-6-5-8-12-7(2)16-14-8/h3-6H2,1-2H3,(H,11,13,15). The number of anilines is 1. The summed E-state index contributed by atoms with van der Waals surface area (Å²) in [7, 11) is 0. The lowest BCUT2D eigenvalue weighted by Gasteiger charge is -1.97. The predicted molar refractivity (Wildman–Crippen MR) is 65.1 cm³/mol. The second kappa shape index (κ2) is 5.72. The van der Waals surface area contributed by atoms with Gasteiger partial charge in [0.2, 0.25) is 11.0 Å². The van der Waals surface area contributed by atoms with Crippen molar-refractivity contribution in [1.29, 1.82) is 0 Å². The molecule has 0 aliphatic carbocycles. The average Bonchev–Trinajstić information content (AvgIpc) is 2.89. The van der Waals surface area contributed by atoms with Gasteiger partial charge in [-0.25, -0.2) is 4.98 Å². The van der Waals surface area contributed by atoms with E-state index in [9.17, 15) is 0 Å². The highest BCUT2D eigenvalue weighted by Gasteiger charge is 2.04. The smallest absolute Gasteiger partial charge is 0.223 e. The number of nitrogens with zero attached hydrogens (tertiary/aromatic N) is 4. The Morgan fingerprint density at radius 2 is 2.12 bits per heavy atom. The monoisotopic (exact) mass is 253 g/mol. The van der Waals surface area contributed by atoms with Crippen molar-refractivity contribution in [2.24, 2.45) is 0 Å². The van der Waals surface area contributed by atoms with E-state index in [0.717, 1.165) is 36.8 Å². The molecule has 0 saturated carbocycles. The van der Waals surface area contributed by atoms with Crippen LogP contribution in [0.1, 0.15) is 30.9 Å². The summed E-state index contributed by atoms with van der Waals surface area (Å²) in [5.41, 5.74) is 0. The number of aryl methyl sites for hydroxylation is 2. The third-order valence-corrected chi connectivity index (χ3v) is 2.85. The molecule has 0 aliphatic heterocycles. The van der Waals surface area contributed by atoms with Crippen molar-refractivity contribution >= 4 is 16.7 Å². The molecule has 0 atom stereocenters. The van der Waals surface area contributed by atoms with Crippen molar-refractivity contribution in [3.63, 3.8) is 0 Å². The van der Waals surface area contributed by atoms with Crippen LogP contribution in [0.25, 0.3) is 0 Å². The van der Waals surface area contributed by atoms with Crippen LogP contribution in [0.2, 0.25) is 0 Å². The van der Waals surface area contributed by atoms with Gasteiger partial charge in [-0.15, -0.1) is 0 Å². The van der Waals surface area contributed by atoms with Gasteiger partial charge in [0.1, 0.15) is 5.82 Å². The molecule has 0 fully saturated rings. The first kappa shape index (κ1) is 12.0. The summed E-state index contributed by atoms with van der Waals surface area (Å²) in [5, 5.41) is 7.88. The highest BCUT2D eigenvalue weighted by atomic mass is 32.1. The van der Waals surface area contributed by atoms with Gasteiger partial charge in [-0.2, -0.15) is 9.36 Å². The molecule has 0 spiro atoms. The number of rotatable bonds is 6. The SMILES string of the molecule is CCCc1nsc(NCCc2noc(C)n2)n1. The number of hydrogen-bond acceptors (Lipinski definition) is 7. The summed E-state index contributed by atoms with van der Waals surface area (Å²) in [4.78, 5) is 8.49. The highest BCUT2D eigenvalue weighted by Crippen LogP contribution is 2.11. The van der Waals surface area contributed by atoms with Gasteiger partial charge in [-0.05, 0) is 6.42 Å². The third kappa shape index (κ3) is 3.48. The first-order valence-electron chi connectivity index (χ1n) is 5.63. The van der Waals surface area contributed by atoms with E-state index in [1.54, 1.807) is 6.92 Å². The van der Waals surface area contributed by atoms with E-state index in [0.29, 0.717) is 11.7 Å². The molecule has 2 rings (SSSR count). The second-order valence-corrected chi connectivity index (χ2v) is 4.42. The van der Waals surface area contributed by atoms with Crippen LogP contribution in [0.15, 0.2) is 4.52 Å². The molecule has 2 heterocycles. The Morgan fingerprint density at radius 3 is 2.82 bits per heavy atom. The lowest BCUT2D eigenvalue weighted by atomic mass is 10.3. The number of aromatic nitrogens is 4. The Labute approximate surface area is 104 Å². The zero-order valence-corrected chi connectivity index (χ0v) is 10.8. The molecule has 0 bridgehead atoms. The zero-order chi connectivity index (χ0) is 12.1. The molecular weight excluding hydrogens is 238 g/mol. The first-order valence-corrected chi connectivity index (χ1v) is 6.41. The summed E-state index contributed by atoms with van der Waals surface area (Å²) in [5.74, 6) is 2.23. The summed E-state index contributed by atoms with van der Waals surface area (Å²) in [6, 6.07) is 0. The van der Waals surface area contributed by atoms with Crippen molar-refractivity contribution < 1.29 is 4.52 Å². The van der Waals surface area contributed by atoms with Crippen molar-refractivity contribution in [2.45, 2.75) is 33.1 Å². The van der Waals surface area contributed by atoms with E-state index in [1.807, 2.05) is 0 Å². The molecule has 0 aromatic carbocycles. The molecule has 0 unspecified atom stereocenters. The van der Waals surface area contributed by atoms with Crippen LogP contribution >= 0.6 is 11.5 Å². The normalized spacial score (nSPS) is 10.7. The van der Waals surface area contributed by atoms with E-state index in [1.165, 1.54) is 11.5 Å². The highest BCUT2D eigenvalue weighted by molar-refractivity contribution is 7.09. The van der Waals surface area contributed by atoms with Crippen LogP contribution in [0.5, 0.6) is 0 Å². The molecule has 2 aromatic heterocycles. The van der Waals surface area contributed by atoms with Gasteiger partial charge in [0.05, 0.1) is 0 Å². The Kier molecular flexibility index (Phi) is 4.03. The zero-order valence-electron chi connectivity index (χ0n) is 9.93. The Balaban J connectivity index is 1.77. The fourth-order valence-corrected chi connectivity index (χ4v) is 2.01. The van der Waals surface area contributed by atoms with Crippen molar-refractivity contribution in [3.05, 3.63) is 17.5 Å².